The molecule has 0 bridgehead atoms. The molecule has 3 amide bonds. The van der Waals surface area contributed by atoms with E-state index in [9.17, 15) is 9.59 Å². The van der Waals surface area contributed by atoms with Gasteiger partial charge in [-0.25, -0.2) is 9.78 Å². The molecule has 2 aliphatic rings. The normalized spacial score (nSPS) is 19.0. The number of piperidine rings is 1. The van der Waals surface area contributed by atoms with Crippen molar-refractivity contribution in [3.63, 3.8) is 0 Å². The highest BCUT2D eigenvalue weighted by atomic mass is 16.2. The van der Waals surface area contributed by atoms with Crippen molar-refractivity contribution in [2.45, 2.75) is 38.3 Å². The van der Waals surface area contributed by atoms with Crippen LogP contribution in [0.3, 0.4) is 0 Å². The highest BCUT2D eigenvalue weighted by Crippen LogP contribution is 2.35. The van der Waals surface area contributed by atoms with Crippen molar-refractivity contribution in [1.29, 1.82) is 0 Å². The summed E-state index contributed by atoms with van der Waals surface area (Å²) in [6, 6.07) is 9.98. The Bertz CT molecular complexity index is 841. The quantitative estimate of drug-likeness (QED) is 0.775. The Labute approximate surface area is 165 Å². The molecule has 28 heavy (non-hydrogen) atoms. The zero-order valence-electron chi connectivity index (χ0n) is 16.3. The smallest absolute Gasteiger partial charge is 0.327 e. The van der Waals surface area contributed by atoms with Crippen LogP contribution in [0.5, 0.6) is 0 Å². The number of nitrogens with one attached hydrogen (secondary N) is 1. The molecule has 7 nitrogen and oxygen atoms in total. The van der Waals surface area contributed by atoms with Crippen LogP contribution in [0.1, 0.15) is 24.2 Å². The zero-order valence-corrected chi connectivity index (χ0v) is 16.3. The van der Waals surface area contributed by atoms with Crippen molar-refractivity contribution in [2.75, 3.05) is 26.2 Å². The van der Waals surface area contributed by atoms with Crippen LogP contribution in [0.4, 0.5) is 4.79 Å². The standard InChI is InChI=1S/C21H27N5O2/c1-17-23-12-14-24(17)15-16-25-19(27)21(8-10-22-11-9-21)26(20(25)28)13-7-18-5-3-2-4-6-18/h2-6,12,14,22H,7-11,13,15-16H2,1H3. The second-order valence-electron chi connectivity index (χ2n) is 7.58. The fraction of sp³-hybridized carbons (Fsp3) is 0.476. The van der Waals surface area contributed by atoms with E-state index in [1.165, 1.54) is 10.5 Å². The molecular formula is C21H27N5O2. The minimum atomic E-state index is -0.693. The lowest BCUT2D eigenvalue weighted by atomic mass is 9.86. The van der Waals surface area contributed by atoms with E-state index in [4.69, 9.17) is 0 Å². The molecule has 0 unspecified atom stereocenters. The maximum atomic E-state index is 13.4. The first-order valence-corrected chi connectivity index (χ1v) is 9.98. The molecule has 2 aliphatic heterocycles. The summed E-state index contributed by atoms with van der Waals surface area (Å²) in [5, 5.41) is 3.32. The molecule has 0 radical (unpaired) electrons. The SMILES string of the molecule is Cc1nccn1CCN1C(=O)N(CCc2ccccc2)C2(CCNCC2)C1=O. The molecule has 7 heteroatoms. The summed E-state index contributed by atoms with van der Waals surface area (Å²) < 4.78 is 1.97. The molecule has 2 saturated heterocycles. The van der Waals surface area contributed by atoms with Gasteiger partial charge < -0.3 is 14.8 Å². The van der Waals surface area contributed by atoms with Gasteiger partial charge in [-0.05, 0) is 44.8 Å². The Morgan fingerprint density at radius 2 is 1.82 bits per heavy atom. The third-order valence-corrected chi connectivity index (χ3v) is 6.01. The molecular weight excluding hydrogens is 354 g/mol. The predicted octanol–water partition coefficient (Wildman–Crippen LogP) is 1.82. The fourth-order valence-electron chi connectivity index (χ4n) is 4.35. The number of imide groups is 1. The monoisotopic (exact) mass is 381 g/mol. The first-order valence-electron chi connectivity index (χ1n) is 9.98. The summed E-state index contributed by atoms with van der Waals surface area (Å²) in [7, 11) is 0. The number of imidazole rings is 1. The van der Waals surface area contributed by atoms with Crippen LogP contribution < -0.4 is 5.32 Å². The van der Waals surface area contributed by atoms with Gasteiger partial charge in [0.1, 0.15) is 11.4 Å². The molecule has 0 atom stereocenters. The summed E-state index contributed by atoms with van der Waals surface area (Å²) in [6.07, 6.45) is 5.72. The molecule has 1 spiro atoms. The minimum absolute atomic E-state index is 0.0372. The lowest BCUT2D eigenvalue weighted by Gasteiger charge is -2.38. The Morgan fingerprint density at radius 1 is 1.07 bits per heavy atom. The van der Waals surface area contributed by atoms with E-state index in [2.05, 4.69) is 22.4 Å². The van der Waals surface area contributed by atoms with Crippen molar-refractivity contribution in [3.05, 3.63) is 54.1 Å². The number of benzene rings is 1. The summed E-state index contributed by atoms with van der Waals surface area (Å²) >= 11 is 0. The van der Waals surface area contributed by atoms with Crippen molar-refractivity contribution in [2.24, 2.45) is 0 Å². The van der Waals surface area contributed by atoms with E-state index in [1.54, 1.807) is 6.20 Å². The maximum absolute atomic E-state index is 13.4. The summed E-state index contributed by atoms with van der Waals surface area (Å²) in [6.45, 7) is 4.96. The van der Waals surface area contributed by atoms with Crippen LogP contribution in [-0.4, -0.2) is 63.0 Å². The van der Waals surface area contributed by atoms with Gasteiger partial charge in [0.05, 0.1) is 0 Å². The Balaban J connectivity index is 1.53. The first kappa shape index (κ1) is 18.7. The van der Waals surface area contributed by atoms with Crippen LogP contribution >= 0.6 is 0 Å². The van der Waals surface area contributed by atoms with Gasteiger partial charge in [-0.1, -0.05) is 30.3 Å². The van der Waals surface area contributed by atoms with Gasteiger partial charge in [0.15, 0.2) is 0 Å². The average Bonchev–Trinajstić information content (AvgIpc) is 3.21. The minimum Gasteiger partial charge on any atom is -0.333 e. The van der Waals surface area contributed by atoms with E-state index in [-0.39, 0.29) is 11.9 Å². The average molecular weight is 381 g/mol. The zero-order chi connectivity index (χ0) is 19.6. The topological polar surface area (TPSA) is 70.5 Å². The Kier molecular flexibility index (Phi) is 5.17. The summed E-state index contributed by atoms with van der Waals surface area (Å²) in [4.78, 5) is 34.1. The number of rotatable bonds is 6. The molecule has 2 fully saturated rings. The van der Waals surface area contributed by atoms with Crippen LogP contribution in [0.2, 0.25) is 0 Å². The molecule has 1 aromatic carbocycles. The highest BCUT2D eigenvalue weighted by Gasteiger charge is 2.56. The predicted molar refractivity (Wildman–Crippen MR) is 106 cm³/mol. The molecule has 148 valence electrons. The maximum Gasteiger partial charge on any atom is 0.327 e. The second-order valence-corrected chi connectivity index (χ2v) is 7.58. The van der Waals surface area contributed by atoms with Crippen LogP contribution in [0, 0.1) is 6.92 Å². The van der Waals surface area contributed by atoms with E-state index in [0.29, 0.717) is 32.5 Å². The van der Waals surface area contributed by atoms with Gasteiger partial charge in [0, 0.05) is 32.0 Å². The van der Waals surface area contributed by atoms with Crippen molar-refractivity contribution in [1.82, 2.24) is 24.7 Å². The summed E-state index contributed by atoms with van der Waals surface area (Å²) in [5.74, 6) is 0.849. The van der Waals surface area contributed by atoms with Gasteiger partial charge >= 0.3 is 6.03 Å². The van der Waals surface area contributed by atoms with Crippen LogP contribution in [-0.2, 0) is 17.8 Å². The third-order valence-electron chi connectivity index (χ3n) is 6.01. The van der Waals surface area contributed by atoms with E-state index >= 15 is 0 Å². The van der Waals surface area contributed by atoms with Crippen LogP contribution in [0.25, 0.3) is 0 Å². The number of aromatic nitrogens is 2. The number of urea groups is 1. The van der Waals surface area contributed by atoms with E-state index < -0.39 is 5.54 Å². The number of nitrogens with zero attached hydrogens (tertiary/aromatic N) is 4. The molecule has 4 rings (SSSR count). The summed E-state index contributed by atoms with van der Waals surface area (Å²) in [5.41, 5.74) is 0.487. The Morgan fingerprint density at radius 3 is 2.50 bits per heavy atom. The molecule has 3 heterocycles. The number of carbonyl (C=O) groups excluding carboxylic acids is 2. The second kappa shape index (κ2) is 7.75. The van der Waals surface area contributed by atoms with Gasteiger partial charge in [-0.3, -0.25) is 9.69 Å². The van der Waals surface area contributed by atoms with E-state index in [1.807, 2.05) is 40.8 Å². The Hall–Kier alpha value is -2.67. The number of aryl methyl sites for hydroxylation is 1. The number of hydrogen-bond acceptors (Lipinski definition) is 4. The van der Waals surface area contributed by atoms with Gasteiger partial charge in [0.25, 0.3) is 5.91 Å². The number of amides is 3. The number of hydrogen-bond donors (Lipinski definition) is 1. The molecule has 2 aromatic rings. The third kappa shape index (κ3) is 3.30. The van der Waals surface area contributed by atoms with Gasteiger partial charge in [-0.15, -0.1) is 0 Å². The highest BCUT2D eigenvalue weighted by molar-refractivity contribution is 6.07. The van der Waals surface area contributed by atoms with Crippen molar-refractivity contribution >= 4 is 11.9 Å². The van der Waals surface area contributed by atoms with Crippen molar-refractivity contribution < 1.29 is 9.59 Å². The lowest BCUT2D eigenvalue weighted by molar-refractivity contribution is -0.134. The van der Waals surface area contributed by atoms with Gasteiger partial charge in [-0.2, -0.15) is 0 Å². The largest absolute Gasteiger partial charge is 0.333 e. The molecule has 1 aromatic heterocycles. The lowest BCUT2D eigenvalue weighted by Crippen LogP contribution is -2.56. The van der Waals surface area contributed by atoms with Crippen molar-refractivity contribution in [3.8, 4) is 0 Å². The molecule has 1 N–H and O–H groups in total. The van der Waals surface area contributed by atoms with Gasteiger partial charge in [0.2, 0.25) is 0 Å². The molecule has 0 aliphatic carbocycles. The fourth-order valence-corrected chi connectivity index (χ4v) is 4.35. The van der Waals surface area contributed by atoms with Crippen LogP contribution in [0.15, 0.2) is 42.7 Å². The number of carbonyl (C=O) groups is 2. The first-order chi connectivity index (χ1) is 13.6. The molecule has 0 saturated carbocycles. The van der Waals surface area contributed by atoms with E-state index in [0.717, 1.165) is 25.3 Å².